The molecule has 1 aliphatic heterocycles. The number of aromatic nitrogens is 2. The van der Waals surface area contributed by atoms with Crippen LogP contribution >= 0.6 is 23.4 Å². The molecule has 0 radical (unpaired) electrons. The molecule has 0 atom stereocenters. The van der Waals surface area contributed by atoms with Crippen LogP contribution in [-0.4, -0.2) is 79.2 Å². The number of thioether (sulfide) groups is 1. The van der Waals surface area contributed by atoms with Crippen molar-refractivity contribution in [2.24, 2.45) is 0 Å². The lowest BCUT2D eigenvalue weighted by Gasteiger charge is -2.23. The third-order valence-corrected chi connectivity index (χ3v) is 9.54. The average Bonchev–Trinajstić information content (AvgIpc) is 3.37. The van der Waals surface area contributed by atoms with E-state index in [9.17, 15) is 9.59 Å². The maximum absolute atomic E-state index is 13.5. The minimum atomic E-state index is -0.0664. The molecule has 4 aromatic rings. The second-order valence-electron chi connectivity index (χ2n) is 12.6. The van der Waals surface area contributed by atoms with Crippen molar-refractivity contribution in [3.63, 3.8) is 0 Å². The van der Waals surface area contributed by atoms with Crippen molar-refractivity contribution in [1.29, 1.82) is 0 Å². The monoisotopic (exact) mass is 660 g/mol. The van der Waals surface area contributed by atoms with Crippen LogP contribution < -0.4 is 15.0 Å². The zero-order chi connectivity index (χ0) is 32.7. The molecular formula is C36H43ClN5O3S+. The second-order valence-corrected chi connectivity index (χ2v) is 14.1. The highest BCUT2D eigenvalue weighted by atomic mass is 35.5. The summed E-state index contributed by atoms with van der Waals surface area (Å²) in [5, 5.41) is 8.35. The summed E-state index contributed by atoms with van der Waals surface area (Å²) in [4.78, 5) is 29.2. The Morgan fingerprint density at radius 2 is 1.89 bits per heavy atom. The maximum Gasteiger partial charge on any atom is 0.251 e. The quantitative estimate of drug-likeness (QED) is 0.136. The summed E-state index contributed by atoms with van der Waals surface area (Å²) in [6, 6.07) is 19.5. The molecule has 1 aliphatic rings. The zero-order valence-corrected chi connectivity index (χ0v) is 28.7. The highest BCUT2D eigenvalue weighted by Crippen LogP contribution is 2.41. The molecule has 0 saturated carbocycles. The molecule has 5 rings (SSSR count). The van der Waals surface area contributed by atoms with Crippen molar-refractivity contribution in [1.82, 2.24) is 15.1 Å². The summed E-state index contributed by atoms with van der Waals surface area (Å²) >= 11 is 8.01. The normalized spacial score (nSPS) is 13.2. The van der Waals surface area contributed by atoms with E-state index in [2.05, 4.69) is 37.6 Å². The third kappa shape index (κ3) is 8.72. The number of hydrogen-bond donors (Lipinski definition) is 1. The first-order valence-electron chi connectivity index (χ1n) is 15.7. The Balaban J connectivity index is 1.24. The molecule has 0 saturated heterocycles. The Morgan fingerprint density at radius 1 is 1.09 bits per heavy atom. The number of fused-ring (bicyclic) bond motifs is 1. The van der Waals surface area contributed by atoms with E-state index >= 15 is 0 Å². The number of hydrogen-bond acceptors (Lipinski definition) is 5. The summed E-state index contributed by atoms with van der Waals surface area (Å²) in [6.07, 6.45) is 5.86. The van der Waals surface area contributed by atoms with Crippen LogP contribution in [0.4, 0.5) is 5.69 Å². The van der Waals surface area contributed by atoms with Crippen LogP contribution in [0.5, 0.6) is 5.75 Å². The summed E-state index contributed by atoms with van der Waals surface area (Å²) in [7, 11) is 6.32. The fraction of sp³-hybridized carbons (Fsp3) is 0.361. The number of rotatable bonds is 12. The Bertz CT molecular complexity index is 1680. The summed E-state index contributed by atoms with van der Waals surface area (Å²) in [5.74, 6) is 1.72. The molecule has 46 heavy (non-hydrogen) atoms. The Morgan fingerprint density at radius 3 is 2.72 bits per heavy atom. The molecule has 3 aromatic carbocycles. The minimum Gasteiger partial charge on any atom is -0.493 e. The molecule has 0 bridgehead atoms. The van der Waals surface area contributed by atoms with E-state index < -0.39 is 0 Å². The van der Waals surface area contributed by atoms with E-state index in [0.717, 1.165) is 61.8 Å². The summed E-state index contributed by atoms with van der Waals surface area (Å²) in [5.41, 5.74) is 5.57. The standard InChI is InChI=1S/C36H42ClN5O3S/c1-26-31(37)13-7-15-33(26)45-20-8-16-34(43)41-18-9-21-46-35-30(12-6-14-32(35)41)29-23-39-40(25-29)24-27-10-5-11-28(22-27)36(44)38-17-19-42(2,3)4/h5-7,10-15,22-23,25H,8-9,16-21,24H2,1-4H3/p+1. The van der Waals surface area contributed by atoms with E-state index in [1.165, 1.54) is 0 Å². The number of quaternary nitrogens is 1. The smallest absolute Gasteiger partial charge is 0.251 e. The van der Waals surface area contributed by atoms with Gasteiger partial charge in [-0.3, -0.25) is 14.3 Å². The molecule has 242 valence electrons. The highest BCUT2D eigenvalue weighted by molar-refractivity contribution is 7.99. The number of halogens is 1. The van der Waals surface area contributed by atoms with Gasteiger partial charge in [0.1, 0.15) is 5.75 Å². The largest absolute Gasteiger partial charge is 0.493 e. The van der Waals surface area contributed by atoms with Gasteiger partial charge in [-0.2, -0.15) is 5.10 Å². The molecule has 0 unspecified atom stereocenters. The van der Waals surface area contributed by atoms with Gasteiger partial charge >= 0.3 is 0 Å². The van der Waals surface area contributed by atoms with Crippen LogP contribution in [0.1, 0.15) is 40.7 Å². The Hall–Kier alpha value is -3.79. The lowest BCUT2D eigenvalue weighted by molar-refractivity contribution is -0.869. The van der Waals surface area contributed by atoms with Gasteiger partial charge in [-0.25, -0.2) is 0 Å². The number of benzene rings is 3. The van der Waals surface area contributed by atoms with E-state index in [1.54, 1.807) is 11.8 Å². The predicted octanol–water partition coefficient (Wildman–Crippen LogP) is 6.68. The van der Waals surface area contributed by atoms with Crippen LogP contribution in [-0.2, 0) is 11.3 Å². The Kier molecular flexibility index (Phi) is 11.1. The minimum absolute atomic E-state index is 0.0664. The fourth-order valence-corrected chi connectivity index (χ4v) is 6.68. The highest BCUT2D eigenvalue weighted by Gasteiger charge is 2.24. The molecular weight excluding hydrogens is 618 g/mol. The first kappa shape index (κ1) is 33.6. The first-order chi connectivity index (χ1) is 22.1. The van der Waals surface area contributed by atoms with Crippen LogP contribution in [0.2, 0.25) is 5.02 Å². The lowest BCUT2D eigenvalue weighted by atomic mass is 10.1. The van der Waals surface area contributed by atoms with Gasteiger partial charge in [0.05, 0.1) is 59.3 Å². The van der Waals surface area contributed by atoms with Crippen LogP contribution in [0.3, 0.4) is 0 Å². The van der Waals surface area contributed by atoms with Gasteiger partial charge in [0.2, 0.25) is 5.91 Å². The first-order valence-corrected chi connectivity index (χ1v) is 17.1. The second kappa shape index (κ2) is 15.2. The number of likely N-dealkylation sites (N-methyl/N-ethyl adjacent to an activating group) is 1. The number of carbonyl (C=O) groups excluding carboxylic acids is 2. The zero-order valence-electron chi connectivity index (χ0n) is 27.1. The van der Waals surface area contributed by atoms with Crippen LogP contribution in [0.15, 0.2) is 78.0 Å². The molecule has 2 amide bonds. The van der Waals surface area contributed by atoms with Crippen molar-refractivity contribution in [3.8, 4) is 16.9 Å². The molecule has 0 aliphatic carbocycles. The maximum atomic E-state index is 13.5. The van der Waals surface area contributed by atoms with Gasteiger partial charge in [0.25, 0.3) is 5.91 Å². The van der Waals surface area contributed by atoms with Crippen molar-refractivity contribution in [2.75, 3.05) is 58.0 Å². The van der Waals surface area contributed by atoms with Gasteiger partial charge in [0, 0.05) is 51.3 Å². The van der Waals surface area contributed by atoms with E-state index in [0.29, 0.717) is 49.7 Å². The number of amides is 2. The lowest BCUT2D eigenvalue weighted by Crippen LogP contribution is -2.41. The molecule has 1 aromatic heterocycles. The molecule has 0 fully saturated rings. The van der Waals surface area contributed by atoms with E-state index in [-0.39, 0.29) is 11.8 Å². The van der Waals surface area contributed by atoms with Crippen LogP contribution in [0, 0.1) is 6.92 Å². The number of carbonyl (C=O) groups is 2. The van der Waals surface area contributed by atoms with E-state index in [1.807, 2.05) is 83.5 Å². The van der Waals surface area contributed by atoms with Gasteiger partial charge < -0.3 is 19.4 Å². The van der Waals surface area contributed by atoms with E-state index in [4.69, 9.17) is 16.3 Å². The third-order valence-electron chi connectivity index (χ3n) is 7.92. The number of nitrogens with zero attached hydrogens (tertiary/aromatic N) is 4. The Labute approximate surface area is 281 Å². The molecule has 0 spiro atoms. The van der Waals surface area contributed by atoms with Gasteiger partial charge in [-0.1, -0.05) is 41.9 Å². The van der Waals surface area contributed by atoms with Gasteiger partial charge in [-0.05, 0) is 61.4 Å². The van der Waals surface area contributed by atoms with Crippen molar-refractivity contribution < 1.29 is 18.8 Å². The van der Waals surface area contributed by atoms with Crippen molar-refractivity contribution >= 4 is 40.9 Å². The summed E-state index contributed by atoms with van der Waals surface area (Å²) < 4.78 is 8.62. The molecule has 2 heterocycles. The number of ether oxygens (including phenoxy) is 1. The van der Waals surface area contributed by atoms with Crippen LogP contribution in [0.25, 0.3) is 11.1 Å². The molecule has 8 nitrogen and oxygen atoms in total. The average molecular weight is 661 g/mol. The molecule has 1 N–H and O–H groups in total. The molecule has 10 heteroatoms. The number of anilines is 1. The summed E-state index contributed by atoms with van der Waals surface area (Å²) in [6.45, 7) is 5.10. The van der Waals surface area contributed by atoms with Crippen molar-refractivity contribution in [2.45, 2.75) is 37.6 Å². The SMILES string of the molecule is Cc1c(Cl)cccc1OCCCC(=O)N1CCCSc2c(-c3cnn(Cc4cccc(C(=O)NCC[N+](C)(C)C)c4)c3)cccc21. The number of nitrogens with one attached hydrogen (secondary N) is 1. The fourth-order valence-electron chi connectivity index (χ4n) is 5.37. The van der Waals surface area contributed by atoms with Crippen molar-refractivity contribution in [3.05, 3.63) is 94.8 Å². The predicted molar refractivity (Wildman–Crippen MR) is 187 cm³/mol. The van der Waals surface area contributed by atoms with Gasteiger partial charge in [-0.15, -0.1) is 11.8 Å². The van der Waals surface area contributed by atoms with Gasteiger partial charge in [0.15, 0.2) is 0 Å². The topological polar surface area (TPSA) is 76.5 Å².